The summed E-state index contributed by atoms with van der Waals surface area (Å²) in [7, 11) is 3.97. The molecule has 0 radical (unpaired) electrons. The molecule has 1 aliphatic heterocycles. The van der Waals surface area contributed by atoms with Gasteiger partial charge in [-0.05, 0) is 33.9 Å². The van der Waals surface area contributed by atoms with Crippen molar-refractivity contribution in [3.05, 3.63) is 0 Å². The van der Waals surface area contributed by atoms with Gasteiger partial charge in [-0.15, -0.1) is 0 Å². The van der Waals surface area contributed by atoms with Crippen molar-refractivity contribution in [2.45, 2.75) is 32.4 Å². The number of piperazine rings is 1. The van der Waals surface area contributed by atoms with Gasteiger partial charge in [-0.2, -0.15) is 0 Å². The van der Waals surface area contributed by atoms with Crippen molar-refractivity contribution in [2.75, 3.05) is 53.5 Å². The van der Waals surface area contributed by atoms with E-state index in [1.165, 1.54) is 19.6 Å². The first-order chi connectivity index (χ1) is 8.15. The number of hydrogen-bond acceptors (Lipinski definition) is 4. The van der Waals surface area contributed by atoms with Crippen molar-refractivity contribution in [2.24, 2.45) is 0 Å². The van der Waals surface area contributed by atoms with Crippen LogP contribution in [0.5, 0.6) is 0 Å². The Kier molecular flexibility index (Phi) is 7.04. The highest BCUT2D eigenvalue weighted by molar-refractivity contribution is 4.82. The first-order valence-corrected chi connectivity index (χ1v) is 6.79. The van der Waals surface area contributed by atoms with Crippen LogP contribution < -0.4 is 5.32 Å². The van der Waals surface area contributed by atoms with Crippen LogP contribution >= 0.6 is 0 Å². The van der Waals surface area contributed by atoms with Crippen LogP contribution in [0.1, 0.15) is 20.3 Å². The standard InChI is InChI=1S/C13H29N3O/c1-12(10-14-6-5-9-17-4)16-8-7-15(3)11-13(16)2/h12-14H,5-11H2,1-4H3. The first-order valence-electron chi connectivity index (χ1n) is 6.79. The second-order valence-electron chi connectivity index (χ2n) is 5.25. The number of nitrogens with one attached hydrogen (secondary N) is 1. The second kappa shape index (κ2) is 8.03. The van der Waals surface area contributed by atoms with Gasteiger partial charge in [0, 0.05) is 52.0 Å². The van der Waals surface area contributed by atoms with Gasteiger partial charge in [0.15, 0.2) is 0 Å². The highest BCUT2D eigenvalue weighted by Crippen LogP contribution is 2.11. The van der Waals surface area contributed by atoms with Crippen molar-refractivity contribution in [1.29, 1.82) is 0 Å². The fourth-order valence-electron chi connectivity index (χ4n) is 2.58. The van der Waals surface area contributed by atoms with Crippen LogP contribution in [0.4, 0.5) is 0 Å². The molecule has 1 heterocycles. The zero-order valence-electron chi connectivity index (χ0n) is 11.9. The zero-order chi connectivity index (χ0) is 12.7. The quantitative estimate of drug-likeness (QED) is 0.664. The van der Waals surface area contributed by atoms with Gasteiger partial charge >= 0.3 is 0 Å². The summed E-state index contributed by atoms with van der Waals surface area (Å²) in [6.45, 7) is 11.2. The van der Waals surface area contributed by atoms with Crippen molar-refractivity contribution in [3.63, 3.8) is 0 Å². The van der Waals surface area contributed by atoms with E-state index < -0.39 is 0 Å². The maximum atomic E-state index is 5.04. The summed E-state index contributed by atoms with van der Waals surface area (Å²) in [5.74, 6) is 0. The SMILES string of the molecule is COCCCNCC(C)N1CCN(C)CC1C. The van der Waals surface area contributed by atoms with Crippen molar-refractivity contribution in [1.82, 2.24) is 15.1 Å². The van der Waals surface area contributed by atoms with Gasteiger partial charge in [-0.3, -0.25) is 4.90 Å². The van der Waals surface area contributed by atoms with E-state index in [1.807, 2.05) is 0 Å². The third-order valence-corrected chi connectivity index (χ3v) is 3.59. The van der Waals surface area contributed by atoms with Crippen LogP contribution in [0.25, 0.3) is 0 Å². The minimum atomic E-state index is 0.626. The summed E-state index contributed by atoms with van der Waals surface area (Å²) in [4.78, 5) is 5.03. The van der Waals surface area contributed by atoms with Crippen molar-refractivity contribution in [3.8, 4) is 0 Å². The number of rotatable bonds is 7. The molecule has 17 heavy (non-hydrogen) atoms. The number of hydrogen-bond donors (Lipinski definition) is 1. The summed E-state index contributed by atoms with van der Waals surface area (Å²) in [5.41, 5.74) is 0. The molecule has 4 nitrogen and oxygen atoms in total. The third-order valence-electron chi connectivity index (χ3n) is 3.59. The summed E-state index contributed by atoms with van der Waals surface area (Å²) in [6, 6.07) is 1.30. The number of ether oxygens (including phenoxy) is 1. The monoisotopic (exact) mass is 243 g/mol. The molecule has 4 heteroatoms. The van der Waals surface area contributed by atoms with Crippen molar-refractivity contribution < 1.29 is 4.74 Å². The van der Waals surface area contributed by atoms with Crippen LogP contribution in [-0.4, -0.2) is 75.4 Å². The molecule has 0 saturated carbocycles. The van der Waals surface area contributed by atoms with E-state index in [0.29, 0.717) is 12.1 Å². The molecule has 0 aromatic carbocycles. The highest BCUT2D eigenvalue weighted by atomic mass is 16.5. The molecule has 0 aliphatic carbocycles. The van der Waals surface area contributed by atoms with Crippen LogP contribution in [0.15, 0.2) is 0 Å². The molecule has 0 aromatic heterocycles. The Balaban J connectivity index is 2.16. The van der Waals surface area contributed by atoms with E-state index >= 15 is 0 Å². The van der Waals surface area contributed by atoms with E-state index in [2.05, 4.69) is 36.0 Å². The van der Waals surface area contributed by atoms with Gasteiger partial charge in [0.05, 0.1) is 0 Å². The Hall–Kier alpha value is -0.160. The molecule has 1 N–H and O–H groups in total. The Morgan fingerprint density at radius 2 is 2.18 bits per heavy atom. The topological polar surface area (TPSA) is 27.7 Å². The highest BCUT2D eigenvalue weighted by Gasteiger charge is 2.24. The van der Waals surface area contributed by atoms with Crippen molar-refractivity contribution >= 4 is 0 Å². The molecule has 1 saturated heterocycles. The summed E-state index contributed by atoms with van der Waals surface area (Å²) < 4.78 is 5.04. The Labute approximate surface area is 106 Å². The predicted molar refractivity (Wildman–Crippen MR) is 72.5 cm³/mol. The average Bonchev–Trinajstić information content (AvgIpc) is 2.28. The molecular weight excluding hydrogens is 214 g/mol. The lowest BCUT2D eigenvalue weighted by Gasteiger charge is -2.41. The van der Waals surface area contributed by atoms with E-state index in [4.69, 9.17) is 4.74 Å². The molecule has 0 aromatic rings. The van der Waals surface area contributed by atoms with E-state index in [1.54, 1.807) is 7.11 Å². The van der Waals surface area contributed by atoms with E-state index in [9.17, 15) is 0 Å². The smallest absolute Gasteiger partial charge is 0.0474 e. The lowest BCUT2D eigenvalue weighted by atomic mass is 10.1. The first kappa shape index (κ1) is 14.9. The summed E-state index contributed by atoms with van der Waals surface area (Å²) >= 11 is 0. The fourth-order valence-corrected chi connectivity index (χ4v) is 2.58. The van der Waals surface area contributed by atoms with Gasteiger partial charge in [0.2, 0.25) is 0 Å². The van der Waals surface area contributed by atoms with Gasteiger partial charge in [0.1, 0.15) is 0 Å². The molecule has 1 aliphatic rings. The normalized spacial score (nSPS) is 25.1. The molecule has 0 spiro atoms. The molecule has 1 fully saturated rings. The predicted octanol–water partition coefficient (Wildman–Crippen LogP) is 0.637. The van der Waals surface area contributed by atoms with Gasteiger partial charge < -0.3 is 15.0 Å². The minimum Gasteiger partial charge on any atom is -0.385 e. The summed E-state index contributed by atoms with van der Waals surface area (Å²) in [6.07, 6.45) is 1.10. The minimum absolute atomic E-state index is 0.626. The maximum Gasteiger partial charge on any atom is 0.0474 e. The molecule has 102 valence electrons. The fraction of sp³-hybridized carbons (Fsp3) is 1.00. The molecule has 0 amide bonds. The molecule has 2 atom stereocenters. The Bertz CT molecular complexity index is 201. The number of nitrogens with zero attached hydrogens (tertiary/aromatic N) is 2. The van der Waals surface area contributed by atoms with Crippen LogP contribution in [0, 0.1) is 0 Å². The van der Waals surface area contributed by atoms with Gasteiger partial charge in [-0.25, -0.2) is 0 Å². The van der Waals surface area contributed by atoms with Crippen LogP contribution in [-0.2, 0) is 4.74 Å². The second-order valence-corrected chi connectivity index (χ2v) is 5.25. The number of likely N-dealkylation sites (N-methyl/N-ethyl adjacent to an activating group) is 1. The van der Waals surface area contributed by atoms with Gasteiger partial charge in [0.25, 0.3) is 0 Å². The van der Waals surface area contributed by atoms with Gasteiger partial charge in [-0.1, -0.05) is 0 Å². The van der Waals surface area contributed by atoms with E-state index in [-0.39, 0.29) is 0 Å². The lowest BCUT2D eigenvalue weighted by Crippen LogP contribution is -2.55. The molecule has 0 bridgehead atoms. The average molecular weight is 243 g/mol. The lowest BCUT2D eigenvalue weighted by molar-refractivity contribution is 0.0672. The molecule has 2 unspecified atom stereocenters. The third kappa shape index (κ3) is 5.34. The van der Waals surface area contributed by atoms with Crippen LogP contribution in [0.3, 0.4) is 0 Å². The largest absolute Gasteiger partial charge is 0.385 e. The van der Waals surface area contributed by atoms with E-state index in [0.717, 1.165) is 26.1 Å². The molecule has 1 rings (SSSR count). The Morgan fingerprint density at radius 1 is 1.41 bits per heavy atom. The van der Waals surface area contributed by atoms with Crippen LogP contribution in [0.2, 0.25) is 0 Å². The summed E-state index contributed by atoms with van der Waals surface area (Å²) in [5, 5.41) is 3.51. The number of methoxy groups -OCH3 is 1. The zero-order valence-corrected chi connectivity index (χ0v) is 11.9. The molecular formula is C13H29N3O. The maximum absolute atomic E-state index is 5.04. The Morgan fingerprint density at radius 3 is 2.82 bits per heavy atom.